The number of hydrogen-bond acceptors (Lipinski definition) is 4. The second kappa shape index (κ2) is 14.1. The Hall–Kier alpha value is -3.70. The number of nitrogens with one attached hydrogen (secondary N) is 1. The van der Waals surface area contributed by atoms with Gasteiger partial charge in [0.25, 0.3) is 0 Å². The van der Waals surface area contributed by atoms with Gasteiger partial charge in [0.2, 0.25) is 0 Å². The quantitative estimate of drug-likeness (QED) is 0.137. The van der Waals surface area contributed by atoms with Crippen LogP contribution in [0.4, 0.5) is 4.39 Å². The summed E-state index contributed by atoms with van der Waals surface area (Å²) in [5.41, 5.74) is 5.01. The van der Waals surface area contributed by atoms with E-state index in [1.54, 1.807) is 0 Å². The van der Waals surface area contributed by atoms with Gasteiger partial charge in [0, 0.05) is 12.5 Å². The Labute approximate surface area is 237 Å². The van der Waals surface area contributed by atoms with Crippen molar-refractivity contribution >= 4 is 16.7 Å². The summed E-state index contributed by atoms with van der Waals surface area (Å²) in [5, 5.41) is 5.93. The van der Waals surface area contributed by atoms with Crippen molar-refractivity contribution < 1.29 is 18.7 Å². The molecule has 0 saturated carbocycles. The Balaban J connectivity index is 1.47. The summed E-state index contributed by atoms with van der Waals surface area (Å²) in [6, 6.07) is 26.5. The second-order valence-electron chi connectivity index (χ2n) is 10.5. The van der Waals surface area contributed by atoms with E-state index in [1.165, 1.54) is 17.2 Å². The van der Waals surface area contributed by atoms with Crippen LogP contribution in [0, 0.1) is 5.82 Å². The Morgan fingerprint density at radius 2 is 1.75 bits per heavy atom. The number of carbonyl (C=O) groups is 1. The first-order valence-corrected chi connectivity index (χ1v) is 14.3. The molecule has 0 radical (unpaired) electrons. The summed E-state index contributed by atoms with van der Waals surface area (Å²) in [6.07, 6.45) is 2.19. The van der Waals surface area contributed by atoms with Crippen molar-refractivity contribution in [1.82, 2.24) is 5.32 Å². The van der Waals surface area contributed by atoms with Crippen LogP contribution in [0.3, 0.4) is 0 Å². The van der Waals surface area contributed by atoms with Crippen LogP contribution in [-0.4, -0.2) is 25.2 Å². The van der Waals surface area contributed by atoms with Crippen molar-refractivity contribution in [3.05, 3.63) is 101 Å². The lowest BCUT2D eigenvalue weighted by Crippen LogP contribution is -2.20. The molecule has 0 fully saturated rings. The van der Waals surface area contributed by atoms with Gasteiger partial charge in [-0.2, -0.15) is 0 Å². The number of fused-ring (bicyclic) bond motifs is 1. The fraction of sp³-hybridized carbons (Fsp3) is 0.343. The Kier molecular flexibility index (Phi) is 10.3. The van der Waals surface area contributed by atoms with Gasteiger partial charge in [0.1, 0.15) is 11.6 Å². The molecule has 0 heterocycles. The molecule has 0 saturated heterocycles. The molecule has 0 aliphatic heterocycles. The molecule has 0 aliphatic carbocycles. The molecule has 4 aromatic rings. The predicted molar refractivity (Wildman–Crippen MR) is 161 cm³/mol. The van der Waals surface area contributed by atoms with Gasteiger partial charge >= 0.3 is 5.97 Å². The van der Waals surface area contributed by atoms with Gasteiger partial charge in [-0.1, -0.05) is 54.6 Å². The molecule has 5 heteroatoms. The van der Waals surface area contributed by atoms with Gasteiger partial charge in [-0.05, 0) is 116 Å². The van der Waals surface area contributed by atoms with Crippen LogP contribution >= 0.6 is 0 Å². The van der Waals surface area contributed by atoms with Crippen molar-refractivity contribution in [3.8, 4) is 16.9 Å². The number of carbonyl (C=O) groups excluding carboxylic acids is 1. The van der Waals surface area contributed by atoms with E-state index in [0.29, 0.717) is 18.6 Å². The van der Waals surface area contributed by atoms with Crippen molar-refractivity contribution in [2.45, 2.75) is 65.5 Å². The number of hydrogen-bond donors (Lipinski definition) is 1. The third kappa shape index (κ3) is 7.92. The number of ether oxygens (including phenoxy) is 2. The van der Waals surface area contributed by atoms with Crippen LogP contribution in [0.25, 0.3) is 21.9 Å². The lowest BCUT2D eigenvalue weighted by atomic mass is 9.92. The van der Waals surface area contributed by atoms with E-state index in [9.17, 15) is 9.18 Å². The molecule has 0 amide bonds. The van der Waals surface area contributed by atoms with Gasteiger partial charge in [0.05, 0.1) is 12.7 Å². The lowest BCUT2D eigenvalue weighted by Gasteiger charge is -2.16. The fourth-order valence-electron chi connectivity index (χ4n) is 5.02. The normalized spacial score (nSPS) is 12.1. The highest BCUT2D eigenvalue weighted by atomic mass is 19.1. The van der Waals surface area contributed by atoms with Crippen LogP contribution in [0.5, 0.6) is 5.75 Å². The second-order valence-corrected chi connectivity index (χ2v) is 10.5. The average Bonchev–Trinajstić information content (AvgIpc) is 2.94. The maximum absolute atomic E-state index is 14.7. The van der Waals surface area contributed by atoms with Gasteiger partial charge in [0.15, 0.2) is 0 Å². The summed E-state index contributed by atoms with van der Waals surface area (Å²) in [6.45, 7) is 9.34. The largest absolute Gasteiger partial charge is 0.494 e. The highest BCUT2D eigenvalue weighted by molar-refractivity contribution is 5.97. The topological polar surface area (TPSA) is 47.6 Å². The molecule has 4 nitrogen and oxygen atoms in total. The monoisotopic (exact) mass is 541 g/mol. The Morgan fingerprint density at radius 3 is 2.55 bits per heavy atom. The van der Waals surface area contributed by atoms with E-state index >= 15 is 0 Å². The van der Waals surface area contributed by atoms with E-state index in [4.69, 9.17) is 9.47 Å². The number of benzene rings is 4. The number of esters is 1. The van der Waals surface area contributed by atoms with Gasteiger partial charge < -0.3 is 14.8 Å². The molecule has 0 spiro atoms. The Morgan fingerprint density at radius 1 is 0.925 bits per heavy atom. The first-order chi connectivity index (χ1) is 19.3. The standard InChI is InChI=1S/C35H40FNO3/c1-5-39-31-13-8-12-27(23-31)25(4)37-19-9-10-26-20-28-11-6-7-14-32(28)33(21-26)29-15-17-34(36)30(22-29)16-18-35(38)40-24(2)3/h6-8,11-15,17,20-25,37H,5,9-10,16,18-19H2,1-4H3/t25-/m1/s1. The minimum atomic E-state index is -0.308. The summed E-state index contributed by atoms with van der Waals surface area (Å²) in [4.78, 5) is 12.0. The van der Waals surface area contributed by atoms with Crippen LogP contribution < -0.4 is 10.1 Å². The molecule has 4 rings (SSSR count). The molecule has 4 aromatic carbocycles. The number of halogens is 1. The zero-order valence-corrected chi connectivity index (χ0v) is 24.0. The third-order valence-electron chi connectivity index (χ3n) is 7.01. The number of rotatable bonds is 13. The average molecular weight is 542 g/mol. The first kappa shape index (κ1) is 29.3. The molecule has 0 unspecified atom stereocenters. The molecule has 1 N–H and O–H groups in total. The minimum Gasteiger partial charge on any atom is -0.494 e. The highest BCUT2D eigenvalue weighted by Crippen LogP contribution is 2.32. The van der Waals surface area contributed by atoms with E-state index in [0.717, 1.165) is 47.0 Å². The SMILES string of the molecule is CCOc1cccc([C@@H](C)NCCCc2cc(-c3ccc(F)c(CCC(=O)OC(C)C)c3)c3ccccc3c2)c1. The first-order valence-electron chi connectivity index (χ1n) is 14.3. The fourth-order valence-corrected chi connectivity index (χ4v) is 5.02. The third-order valence-corrected chi connectivity index (χ3v) is 7.01. The smallest absolute Gasteiger partial charge is 0.306 e. The van der Waals surface area contributed by atoms with Crippen LogP contribution in [0.2, 0.25) is 0 Å². The summed E-state index contributed by atoms with van der Waals surface area (Å²) in [7, 11) is 0. The molecule has 40 heavy (non-hydrogen) atoms. The molecule has 0 bridgehead atoms. The molecule has 0 aromatic heterocycles. The predicted octanol–water partition coefficient (Wildman–Crippen LogP) is 8.21. The zero-order valence-electron chi connectivity index (χ0n) is 24.0. The lowest BCUT2D eigenvalue weighted by molar-refractivity contribution is -0.147. The molecular weight excluding hydrogens is 501 g/mol. The maximum atomic E-state index is 14.7. The summed E-state index contributed by atoms with van der Waals surface area (Å²) in [5.74, 6) is 0.294. The highest BCUT2D eigenvalue weighted by Gasteiger charge is 2.13. The van der Waals surface area contributed by atoms with Crippen LogP contribution in [-0.2, 0) is 22.4 Å². The summed E-state index contributed by atoms with van der Waals surface area (Å²) >= 11 is 0. The van der Waals surface area contributed by atoms with E-state index in [1.807, 2.05) is 57.2 Å². The van der Waals surface area contributed by atoms with Crippen LogP contribution in [0.1, 0.15) is 63.3 Å². The minimum absolute atomic E-state index is 0.153. The maximum Gasteiger partial charge on any atom is 0.306 e. The number of aryl methyl sites for hydroxylation is 2. The van der Waals surface area contributed by atoms with Crippen LogP contribution in [0.15, 0.2) is 78.9 Å². The van der Waals surface area contributed by atoms with Crippen molar-refractivity contribution in [1.29, 1.82) is 0 Å². The van der Waals surface area contributed by atoms with Gasteiger partial charge in [-0.3, -0.25) is 4.79 Å². The Bertz CT molecular complexity index is 1430. The van der Waals surface area contributed by atoms with Crippen molar-refractivity contribution in [3.63, 3.8) is 0 Å². The molecule has 210 valence electrons. The van der Waals surface area contributed by atoms with Gasteiger partial charge in [-0.25, -0.2) is 4.39 Å². The van der Waals surface area contributed by atoms with Crippen molar-refractivity contribution in [2.24, 2.45) is 0 Å². The molecule has 0 aliphatic rings. The van der Waals surface area contributed by atoms with E-state index < -0.39 is 0 Å². The summed E-state index contributed by atoms with van der Waals surface area (Å²) < 4.78 is 25.6. The van der Waals surface area contributed by atoms with Crippen molar-refractivity contribution in [2.75, 3.05) is 13.2 Å². The van der Waals surface area contributed by atoms with Gasteiger partial charge in [-0.15, -0.1) is 0 Å². The molecule has 1 atom stereocenters. The zero-order chi connectivity index (χ0) is 28.5. The molecular formula is C35H40FNO3. The van der Waals surface area contributed by atoms with E-state index in [2.05, 4.69) is 48.6 Å². The van der Waals surface area contributed by atoms with E-state index in [-0.39, 0.29) is 30.4 Å².